The number of aliphatic hydroxyl groups excluding tert-OH is 1. The van der Waals surface area contributed by atoms with E-state index in [-0.39, 0.29) is 60.6 Å². The van der Waals surface area contributed by atoms with E-state index in [1.54, 1.807) is 6.07 Å². The second kappa shape index (κ2) is 10.8. The number of benzene rings is 1. The molecule has 5 heterocycles. The third-order valence-electron chi connectivity index (χ3n) is 6.64. The molecule has 204 valence electrons. The van der Waals surface area contributed by atoms with Crippen molar-refractivity contribution in [2.45, 2.75) is 37.1 Å². The quantitative estimate of drug-likeness (QED) is 0.327. The zero-order valence-electron chi connectivity index (χ0n) is 20.1. The Hall–Kier alpha value is -2.81. The molecule has 0 bridgehead atoms. The molecule has 0 radical (unpaired) electrons. The van der Waals surface area contributed by atoms with Gasteiger partial charge in [0.2, 0.25) is 0 Å². The minimum absolute atomic E-state index is 0.0797. The standard InChI is InChI=1S/C24H26ClF2N5O6/c25-14-5-17-23(32-24(30-17)38-19-10-37-20-18(33)9-36-21(19)20)31-22(14)29-7-13-15(26)3-11(4-16(13)27)35-8-12-6-28-1-2-34-12/h3-5,12,18-21,28,33H,1-2,6-10H2,(H2,29,30,31,32)/t12?,18-,19-,20-,21-/m1/s1. The predicted octanol–water partition coefficient (Wildman–Crippen LogP) is 1.77. The number of rotatable bonds is 8. The summed E-state index contributed by atoms with van der Waals surface area (Å²) in [6.07, 6.45) is -2.15. The highest BCUT2D eigenvalue weighted by molar-refractivity contribution is 6.33. The fourth-order valence-corrected chi connectivity index (χ4v) is 4.90. The van der Waals surface area contributed by atoms with Crippen LogP contribution in [0.15, 0.2) is 18.2 Å². The number of imidazole rings is 1. The molecule has 38 heavy (non-hydrogen) atoms. The summed E-state index contributed by atoms with van der Waals surface area (Å²) in [5, 5.41) is 16.2. The highest BCUT2D eigenvalue weighted by Crippen LogP contribution is 2.31. The molecule has 2 aromatic heterocycles. The summed E-state index contributed by atoms with van der Waals surface area (Å²) >= 11 is 6.35. The molecule has 3 aliphatic rings. The maximum absolute atomic E-state index is 14.7. The van der Waals surface area contributed by atoms with E-state index in [1.165, 1.54) is 0 Å². The van der Waals surface area contributed by atoms with Gasteiger partial charge in [0, 0.05) is 37.3 Å². The third kappa shape index (κ3) is 5.22. The van der Waals surface area contributed by atoms with Gasteiger partial charge in [-0.2, -0.15) is 4.98 Å². The molecule has 4 N–H and O–H groups in total. The number of aromatic nitrogens is 3. The number of anilines is 1. The number of aliphatic hydroxyl groups is 1. The molecule has 3 aromatic rings. The Morgan fingerprint density at radius 2 is 1.92 bits per heavy atom. The lowest BCUT2D eigenvalue weighted by atomic mass is 10.1. The van der Waals surface area contributed by atoms with Crippen LogP contribution in [0.4, 0.5) is 14.6 Å². The van der Waals surface area contributed by atoms with Gasteiger partial charge in [-0.15, -0.1) is 0 Å². The Labute approximate surface area is 220 Å². The van der Waals surface area contributed by atoms with Crippen molar-refractivity contribution in [2.75, 3.05) is 44.8 Å². The first-order valence-electron chi connectivity index (χ1n) is 12.3. The van der Waals surface area contributed by atoms with Gasteiger partial charge >= 0.3 is 0 Å². The number of pyridine rings is 1. The van der Waals surface area contributed by atoms with Gasteiger partial charge in [-0.1, -0.05) is 11.6 Å². The molecule has 0 amide bonds. The zero-order chi connectivity index (χ0) is 26.2. The monoisotopic (exact) mass is 553 g/mol. The second-order valence-electron chi connectivity index (χ2n) is 9.28. The lowest BCUT2D eigenvalue weighted by Gasteiger charge is -2.23. The molecule has 11 nitrogen and oxygen atoms in total. The minimum Gasteiger partial charge on any atom is -0.491 e. The van der Waals surface area contributed by atoms with Crippen LogP contribution < -0.4 is 20.1 Å². The SMILES string of the molecule is O[C@@H]1CO[C@H]2[C@@H]1OC[C@H]2Oc1nc2nc(NCc3c(F)cc(OCC4CNCCO4)cc3F)c(Cl)cc2[nH]1. The number of H-pyrrole nitrogens is 1. The van der Waals surface area contributed by atoms with E-state index in [0.717, 1.165) is 18.7 Å². The maximum Gasteiger partial charge on any atom is 0.296 e. The van der Waals surface area contributed by atoms with Gasteiger partial charge in [0.05, 0.1) is 30.4 Å². The molecule has 14 heteroatoms. The summed E-state index contributed by atoms with van der Waals surface area (Å²) in [6.45, 7) is 2.35. The van der Waals surface area contributed by atoms with Gasteiger partial charge in [0.25, 0.3) is 6.01 Å². The molecular weight excluding hydrogens is 528 g/mol. The van der Waals surface area contributed by atoms with E-state index >= 15 is 0 Å². The van der Waals surface area contributed by atoms with E-state index in [9.17, 15) is 13.9 Å². The molecular formula is C24H26ClF2N5O6. The molecule has 0 aliphatic carbocycles. The number of nitrogens with zero attached hydrogens (tertiary/aromatic N) is 2. The van der Waals surface area contributed by atoms with Gasteiger partial charge < -0.3 is 44.4 Å². The predicted molar refractivity (Wildman–Crippen MR) is 131 cm³/mol. The van der Waals surface area contributed by atoms with Crippen LogP contribution in [0.25, 0.3) is 11.2 Å². The molecule has 6 rings (SSSR count). The molecule has 3 aliphatic heterocycles. The highest BCUT2D eigenvalue weighted by atomic mass is 35.5. The molecule has 5 atom stereocenters. The van der Waals surface area contributed by atoms with Crippen molar-refractivity contribution in [1.82, 2.24) is 20.3 Å². The molecule has 1 aromatic carbocycles. The van der Waals surface area contributed by atoms with Crippen LogP contribution in [0.2, 0.25) is 5.02 Å². The van der Waals surface area contributed by atoms with Crippen LogP contribution in [0.1, 0.15) is 5.56 Å². The normalized spacial score (nSPS) is 27.0. The van der Waals surface area contributed by atoms with E-state index in [4.69, 9.17) is 35.3 Å². The van der Waals surface area contributed by atoms with Gasteiger partial charge in [0.1, 0.15) is 54.2 Å². The summed E-state index contributed by atoms with van der Waals surface area (Å²) in [5.74, 6) is -1.25. The summed E-state index contributed by atoms with van der Waals surface area (Å²) in [4.78, 5) is 11.7. The van der Waals surface area contributed by atoms with E-state index in [2.05, 4.69) is 25.6 Å². The van der Waals surface area contributed by atoms with Crippen LogP contribution in [-0.4, -0.2) is 90.1 Å². The number of hydrogen-bond donors (Lipinski definition) is 4. The van der Waals surface area contributed by atoms with Crippen molar-refractivity contribution >= 4 is 28.6 Å². The van der Waals surface area contributed by atoms with Crippen molar-refractivity contribution in [2.24, 2.45) is 0 Å². The number of morpholine rings is 1. The lowest BCUT2D eigenvalue weighted by Crippen LogP contribution is -2.41. The van der Waals surface area contributed by atoms with Crippen LogP contribution in [0.5, 0.6) is 11.8 Å². The Kier molecular flexibility index (Phi) is 7.20. The lowest BCUT2D eigenvalue weighted by molar-refractivity contribution is 0.0000668. The number of halogens is 3. The van der Waals surface area contributed by atoms with E-state index < -0.39 is 36.1 Å². The van der Waals surface area contributed by atoms with Crippen molar-refractivity contribution in [3.8, 4) is 11.8 Å². The minimum atomic E-state index is -0.765. The van der Waals surface area contributed by atoms with Crippen LogP contribution in [-0.2, 0) is 20.8 Å². The van der Waals surface area contributed by atoms with Gasteiger partial charge in [-0.05, 0) is 6.07 Å². The van der Waals surface area contributed by atoms with Crippen LogP contribution >= 0.6 is 11.6 Å². The summed E-state index contributed by atoms with van der Waals surface area (Å²) in [7, 11) is 0. The van der Waals surface area contributed by atoms with E-state index in [1.807, 2.05) is 0 Å². The number of fused-ring (bicyclic) bond motifs is 2. The summed E-state index contributed by atoms with van der Waals surface area (Å²) in [5.41, 5.74) is 0.611. The number of nitrogens with one attached hydrogen (secondary N) is 3. The average Bonchev–Trinajstić information content (AvgIpc) is 3.59. The Morgan fingerprint density at radius 3 is 2.71 bits per heavy atom. The zero-order valence-corrected chi connectivity index (χ0v) is 20.8. The van der Waals surface area contributed by atoms with Crippen molar-refractivity contribution < 1.29 is 37.6 Å². The highest BCUT2D eigenvalue weighted by Gasteiger charge is 2.48. The Morgan fingerprint density at radius 1 is 1.11 bits per heavy atom. The first-order chi connectivity index (χ1) is 18.4. The first-order valence-corrected chi connectivity index (χ1v) is 12.6. The summed E-state index contributed by atoms with van der Waals surface area (Å²) in [6, 6.07) is 4.04. The van der Waals surface area contributed by atoms with Gasteiger partial charge in [0.15, 0.2) is 11.8 Å². The average molecular weight is 554 g/mol. The topological polar surface area (TPSA) is 132 Å². The maximum atomic E-state index is 14.7. The number of ether oxygens (including phenoxy) is 5. The van der Waals surface area contributed by atoms with Crippen molar-refractivity contribution in [3.63, 3.8) is 0 Å². The molecule has 0 saturated carbocycles. The fraction of sp³-hybridized carbons (Fsp3) is 0.500. The van der Waals surface area contributed by atoms with Crippen molar-refractivity contribution in [3.05, 3.63) is 40.4 Å². The Bertz CT molecular complexity index is 1290. The fourth-order valence-electron chi connectivity index (χ4n) is 4.68. The first kappa shape index (κ1) is 25.5. The van der Waals surface area contributed by atoms with E-state index in [0.29, 0.717) is 24.3 Å². The summed E-state index contributed by atoms with van der Waals surface area (Å²) < 4.78 is 57.5. The van der Waals surface area contributed by atoms with Gasteiger partial charge in [-0.25, -0.2) is 13.8 Å². The molecule has 3 saturated heterocycles. The smallest absolute Gasteiger partial charge is 0.296 e. The van der Waals surface area contributed by atoms with Gasteiger partial charge in [-0.3, -0.25) is 0 Å². The largest absolute Gasteiger partial charge is 0.491 e. The van der Waals surface area contributed by atoms with Crippen LogP contribution in [0, 0.1) is 11.6 Å². The number of hydrogen-bond acceptors (Lipinski definition) is 10. The number of aromatic amines is 1. The van der Waals surface area contributed by atoms with Crippen molar-refractivity contribution in [1.29, 1.82) is 0 Å². The Balaban J connectivity index is 1.10. The van der Waals surface area contributed by atoms with Crippen LogP contribution in [0.3, 0.4) is 0 Å². The third-order valence-corrected chi connectivity index (χ3v) is 6.93. The molecule has 3 fully saturated rings. The molecule has 0 spiro atoms. The second-order valence-corrected chi connectivity index (χ2v) is 9.69. The molecule has 1 unspecified atom stereocenters.